The van der Waals surface area contributed by atoms with Crippen molar-refractivity contribution in [3.05, 3.63) is 0 Å². The Morgan fingerprint density at radius 1 is 0.875 bits per heavy atom. The monoisotopic (exact) mass is 459 g/mol. The average Bonchev–Trinajstić information content (AvgIpc) is 2.65. The molecule has 0 spiro atoms. The van der Waals surface area contributed by atoms with Crippen LogP contribution < -0.4 is 10.6 Å². The van der Waals surface area contributed by atoms with Crippen molar-refractivity contribution in [1.82, 2.24) is 25.3 Å². The number of carboxylic acids is 2. The Kier molecular flexibility index (Phi) is 13.7. The van der Waals surface area contributed by atoms with E-state index >= 15 is 0 Å². The maximum atomic E-state index is 12.2. The maximum absolute atomic E-state index is 12.2. The van der Waals surface area contributed by atoms with Gasteiger partial charge in [-0.2, -0.15) is 0 Å². The second kappa shape index (κ2) is 14.8. The largest absolute Gasteiger partial charge is 0.480 e. The van der Waals surface area contributed by atoms with Crippen molar-refractivity contribution in [1.29, 1.82) is 0 Å². The maximum Gasteiger partial charge on any atom is 0.317 e. The van der Waals surface area contributed by atoms with Crippen molar-refractivity contribution in [2.45, 2.75) is 39.7 Å². The molecule has 0 unspecified atom stereocenters. The molecular weight excluding hydrogens is 418 g/mol. The minimum absolute atomic E-state index is 0.00953. The first-order valence-corrected chi connectivity index (χ1v) is 10.8. The van der Waals surface area contributed by atoms with Crippen LogP contribution in [-0.2, 0) is 19.2 Å². The number of hydrogen-bond donors (Lipinski definition) is 4. The van der Waals surface area contributed by atoms with Crippen LogP contribution in [0.5, 0.6) is 0 Å². The molecule has 0 fully saturated rings. The summed E-state index contributed by atoms with van der Waals surface area (Å²) in [6.45, 7) is 7.65. The zero-order valence-corrected chi connectivity index (χ0v) is 20.3. The fourth-order valence-corrected chi connectivity index (χ4v) is 3.41. The van der Waals surface area contributed by atoms with E-state index in [1.807, 2.05) is 19.0 Å². The Hall–Kier alpha value is -2.24. The first-order valence-electron chi connectivity index (χ1n) is 10.8. The normalized spacial score (nSPS) is 12.8. The van der Waals surface area contributed by atoms with Gasteiger partial charge in [0.05, 0.1) is 19.6 Å². The minimum Gasteiger partial charge on any atom is -0.480 e. The molecular formula is C21H41N5O6. The van der Waals surface area contributed by atoms with Crippen LogP contribution in [0, 0.1) is 5.41 Å². The number of aliphatic carboxylic acids is 2. The van der Waals surface area contributed by atoms with Gasteiger partial charge in [-0.3, -0.25) is 29.0 Å². The van der Waals surface area contributed by atoms with E-state index in [0.717, 1.165) is 6.54 Å². The zero-order chi connectivity index (χ0) is 24.9. The molecule has 0 saturated heterocycles. The molecule has 0 saturated carbocycles. The molecule has 11 heteroatoms. The second-order valence-electron chi connectivity index (χ2n) is 9.21. The Morgan fingerprint density at radius 2 is 1.41 bits per heavy atom. The fraction of sp³-hybridized carbons (Fsp3) is 0.810. The van der Waals surface area contributed by atoms with Gasteiger partial charge in [-0.25, -0.2) is 0 Å². The lowest BCUT2D eigenvalue weighted by Crippen LogP contribution is -2.50. The van der Waals surface area contributed by atoms with Gasteiger partial charge in [0, 0.05) is 45.7 Å². The molecule has 0 radical (unpaired) electrons. The van der Waals surface area contributed by atoms with Gasteiger partial charge in [0.25, 0.3) is 0 Å². The van der Waals surface area contributed by atoms with Gasteiger partial charge in [0.15, 0.2) is 0 Å². The van der Waals surface area contributed by atoms with Gasteiger partial charge in [-0.1, -0.05) is 20.8 Å². The van der Waals surface area contributed by atoms with Crippen LogP contribution in [0.2, 0.25) is 0 Å². The molecule has 4 N–H and O–H groups in total. The standard InChI is InChI=1S/C21H41N5O6/c1-21(2,3)16(7-8-17(27)23-13-18(28)22-4)26(11-9-24(5)6)12-10-25(14-19(29)30)15-20(31)32/h16H,7-15H2,1-6H3,(H,22,28)(H,23,27)(H,29,30)(H,31,32)/t16-/m0/s1. The number of carboxylic acid groups (broad SMARTS) is 2. The first-order chi connectivity index (χ1) is 14.8. The molecule has 0 aromatic carbocycles. The number of nitrogens with zero attached hydrogens (tertiary/aromatic N) is 3. The highest BCUT2D eigenvalue weighted by molar-refractivity contribution is 5.84. The Bertz CT molecular complexity index is 604. The molecule has 0 heterocycles. The molecule has 0 aliphatic rings. The van der Waals surface area contributed by atoms with Gasteiger partial charge >= 0.3 is 11.9 Å². The van der Waals surface area contributed by atoms with Crippen molar-refractivity contribution in [3.8, 4) is 0 Å². The molecule has 11 nitrogen and oxygen atoms in total. The summed E-state index contributed by atoms with van der Waals surface area (Å²) in [5.74, 6) is -2.64. The molecule has 0 aromatic heterocycles. The molecule has 2 amide bonds. The second-order valence-corrected chi connectivity index (χ2v) is 9.21. The summed E-state index contributed by atoms with van der Waals surface area (Å²) < 4.78 is 0. The summed E-state index contributed by atoms with van der Waals surface area (Å²) in [6, 6.07) is -0.00953. The summed E-state index contributed by atoms with van der Waals surface area (Å²) >= 11 is 0. The van der Waals surface area contributed by atoms with E-state index in [-0.39, 0.29) is 55.9 Å². The number of nitrogens with one attached hydrogen (secondary N) is 2. The average molecular weight is 460 g/mol. The summed E-state index contributed by atoms with van der Waals surface area (Å²) in [5, 5.41) is 23.3. The van der Waals surface area contributed by atoms with E-state index in [4.69, 9.17) is 10.2 Å². The molecule has 186 valence electrons. The Balaban J connectivity index is 5.33. The first kappa shape index (κ1) is 29.8. The predicted molar refractivity (Wildman–Crippen MR) is 121 cm³/mol. The third kappa shape index (κ3) is 13.9. The fourth-order valence-electron chi connectivity index (χ4n) is 3.41. The van der Waals surface area contributed by atoms with E-state index in [9.17, 15) is 19.2 Å². The van der Waals surface area contributed by atoms with Crippen LogP contribution >= 0.6 is 0 Å². The van der Waals surface area contributed by atoms with E-state index in [0.29, 0.717) is 19.5 Å². The number of carbonyl (C=O) groups is 4. The molecule has 0 aliphatic heterocycles. The highest BCUT2D eigenvalue weighted by atomic mass is 16.4. The van der Waals surface area contributed by atoms with Crippen molar-refractivity contribution in [3.63, 3.8) is 0 Å². The third-order valence-corrected chi connectivity index (χ3v) is 5.07. The van der Waals surface area contributed by atoms with Gasteiger partial charge in [-0.15, -0.1) is 0 Å². The van der Waals surface area contributed by atoms with Crippen molar-refractivity contribution >= 4 is 23.8 Å². The topological polar surface area (TPSA) is 143 Å². The number of likely N-dealkylation sites (N-methyl/N-ethyl adjacent to an activating group) is 2. The van der Waals surface area contributed by atoms with Crippen LogP contribution in [0.25, 0.3) is 0 Å². The predicted octanol–water partition coefficient (Wildman–Crippen LogP) is -0.622. The highest BCUT2D eigenvalue weighted by Crippen LogP contribution is 2.28. The lowest BCUT2D eigenvalue weighted by Gasteiger charge is -2.41. The summed E-state index contributed by atoms with van der Waals surface area (Å²) in [7, 11) is 5.42. The SMILES string of the molecule is CNC(=O)CNC(=O)CC[C@H](N(CCN(C)C)CCN(CC(=O)O)CC(=O)O)C(C)(C)C. The van der Waals surface area contributed by atoms with Gasteiger partial charge in [0.2, 0.25) is 11.8 Å². The number of rotatable bonds is 16. The zero-order valence-electron chi connectivity index (χ0n) is 20.3. The molecule has 1 atom stereocenters. The summed E-state index contributed by atoms with van der Waals surface area (Å²) in [6.07, 6.45) is 0.791. The van der Waals surface area contributed by atoms with Crippen LogP contribution in [-0.4, -0.2) is 122 Å². The summed E-state index contributed by atoms with van der Waals surface area (Å²) in [5.41, 5.74) is -0.183. The lowest BCUT2D eigenvalue weighted by molar-refractivity contribution is -0.142. The van der Waals surface area contributed by atoms with Crippen molar-refractivity contribution in [2.75, 3.05) is 67.0 Å². The molecule has 32 heavy (non-hydrogen) atoms. The van der Waals surface area contributed by atoms with Crippen LogP contribution in [0.3, 0.4) is 0 Å². The van der Waals surface area contributed by atoms with E-state index < -0.39 is 11.9 Å². The molecule has 0 rings (SSSR count). The number of amides is 2. The van der Waals surface area contributed by atoms with Crippen LogP contribution in [0.1, 0.15) is 33.6 Å². The quantitative estimate of drug-likeness (QED) is 0.237. The van der Waals surface area contributed by atoms with E-state index in [2.05, 4.69) is 36.3 Å². The molecule has 0 aliphatic carbocycles. The molecule has 0 bridgehead atoms. The van der Waals surface area contributed by atoms with Gasteiger partial charge < -0.3 is 25.7 Å². The summed E-state index contributed by atoms with van der Waals surface area (Å²) in [4.78, 5) is 51.5. The van der Waals surface area contributed by atoms with E-state index in [1.54, 1.807) is 0 Å². The van der Waals surface area contributed by atoms with Crippen molar-refractivity contribution < 1.29 is 29.4 Å². The van der Waals surface area contributed by atoms with E-state index in [1.165, 1.54) is 11.9 Å². The van der Waals surface area contributed by atoms with Crippen LogP contribution in [0.4, 0.5) is 0 Å². The van der Waals surface area contributed by atoms with Crippen LogP contribution in [0.15, 0.2) is 0 Å². The minimum atomic E-state index is -1.08. The Labute approximate surface area is 191 Å². The third-order valence-electron chi connectivity index (χ3n) is 5.07. The molecule has 0 aromatic rings. The smallest absolute Gasteiger partial charge is 0.317 e. The van der Waals surface area contributed by atoms with Gasteiger partial charge in [0.1, 0.15) is 0 Å². The lowest BCUT2D eigenvalue weighted by atomic mass is 9.82. The van der Waals surface area contributed by atoms with Crippen molar-refractivity contribution in [2.24, 2.45) is 5.41 Å². The number of carbonyl (C=O) groups excluding carboxylic acids is 2. The number of hydrogen-bond acceptors (Lipinski definition) is 7. The Morgan fingerprint density at radius 3 is 1.84 bits per heavy atom. The highest BCUT2D eigenvalue weighted by Gasteiger charge is 2.31. The van der Waals surface area contributed by atoms with Gasteiger partial charge in [-0.05, 0) is 25.9 Å².